The maximum atomic E-state index is 10.8. The molecule has 1 heterocycles. The van der Waals surface area contributed by atoms with Crippen LogP contribution in [0, 0.1) is 0 Å². The van der Waals surface area contributed by atoms with E-state index in [0.717, 1.165) is 11.1 Å². The number of nitrogens with one attached hydrogen (secondary N) is 1. The zero-order chi connectivity index (χ0) is 9.26. The molecule has 0 fully saturated rings. The molecular formula is C9H6BrNOS. The Hall–Kier alpha value is -0.870. The van der Waals surface area contributed by atoms with Gasteiger partial charge in [0, 0.05) is 31.4 Å². The van der Waals surface area contributed by atoms with E-state index in [1.807, 2.05) is 29.6 Å². The zero-order valence-corrected chi connectivity index (χ0v) is 8.98. The Balaban J connectivity index is 2.51. The van der Waals surface area contributed by atoms with Gasteiger partial charge in [-0.25, -0.2) is 0 Å². The number of fused-ring (bicyclic) bond motifs is 1. The van der Waals surface area contributed by atoms with Gasteiger partial charge in [-0.05, 0) is 6.07 Å². The largest absolute Gasteiger partial charge is 0.315 e. The summed E-state index contributed by atoms with van der Waals surface area (Å²) in [6.45, 7) is 0. The number of halogens is 1. The molecule has 0 aliphatic heterocycles. The molecule has 0 spiro atoms. The highest BCUT2D eigenvalue weighted by Crippen LogP contribution is 2.29. The van der Waals surface area contributed by atoms with Crippen molar-refractivity contribution in [1.82, 2.24) is 0 Å². The fourth-order valence-electron chi connectivity index (χ4n) is 1.18. The van der Waals surface area contributed by atoms with Crippen molar-refractivity contribution >= 4 is 47.9 Å². The van der Waals surface area contributed by atoms with Crippen LogP contribution in [-0.4, -0.2) is 4.82 Å². The Labute approximate surface area is 87.7 Å². The maximum Gasteiger partial charge on any atom is 0.291 e. The summed E-state index contributed by atoms with van der Waals surface area (Å²) < 4.78 is 1.18. The molecule has 1 amide bonds. The number of thiophene rings is 1. The summed E-state index contributed by atoms with van der Waals surface area (Å²) in [5.74, 6) is 0. The van der Waals surface area contributed by atoms with Gasteiger partial charge in [0.2, 0.25) is 0 Å². The first-order chi connectivity index (χ1) is 6.27. The van der Waals surface area contributed by atoms with E-state index in [1.165, 1.54) is 4.70 Å². The van der Waals surface area contributed by atoms with Crippen molar-refractivity contribution in [1.29, 1.82) is 0 Å². The third-order valence-electron chi connectivity index (χ3n) is 1.71. The standard InChI is InChI=1S/C9H6BrNOS/c10-9(12)11-7-5-13-8-4-2-1-3-6(7)8/h1-5H,(H,11,12). The Morgan fingerprint density at radius 2 is 2.15 bits per heavy atom. The summed E-state index contributed by atoms with van der Waals surface area (Å²) in [5, 5.41) is 5.73. The minimum absolute atomic E-state index is 0.212. The van der Waals surface area contributed by atoms with Crippen LogP contribution in [0.15, 0.2) is 29.6 Å². The van der Waals surface area contributed by atoms with Crippen LogP contribution < -0.4 is 5.32 Å². The van der Waals surface area contributed by atoms with Crippen molar-refractivity contribution < 1.29 is 4.79 Å². The number of anilines is 1. The van der Waals surface area contributed by atoms with E-state index in [9.17, 15) is 4.79 Å². The van der Waals surface area contributed by atoms with Gasteiger partial charge in [0.1, 0.15) is 0 Å². The van der Waals surface area contributed by atoms with Gasteiger partial charge in [0.05, 0.1) is 5.69 Å². The minimum Gasteiger partial charge on any atom is -0.315 e. The molecule has 4 heteroatoms. The third-order valence-corrected chi connectivity index (χ3v) is 2.88. The summed E-state index contributed by atoms with van der Waals surface area (Å²) in [6, 6.07) is 7.96. The molecule has 2 rings (SSSR count). The number of benzene rings is 1. The maximum absolute atomic E-state index is 10.8. The van der Waals surface area contributed by atoms with Crippen LogP contribution in [0.4, 0.5) is 10.5 Å². The third kappa shape index (κ3) is 1.73. The fourth-order valence-corrected chi connectivity index (χ4v) is 2.29. The Bertz CT molecular complexity index is 452. The van der Waals surface area contributed by atoms with Crippen LogP contribution in [0.3, 0.4) is 0 Å². The van der Waals surface area contributed by atoms with Gasteiger partial charge in [0.25, 0.3) is 4.82 Å². The number of hydrogen-bond donors (Lipinski definition) is 1. The molecule has 0 saturated heterocycles. The lowest BCUT2D eigenvalue weighted by atomic mass is 10.2. The van der Waals surface area contributed by atoms with Crippen LogP contribution >= 0.6 is 27.3 Å². The van der Waals surface area contributed by atoms with E-state index in [4.69, 9.17) is 0 Å². The lowest BCUT2D eigenvalue weighted by Gasteiger charge is -1.96. The fraction of sp³-hybridized carbons (Fsp3) is 0. The van der Waals surface area contributed by atoms with E-state index >= 15 is 0 Å². The molecule has 0 radical (unpaired) electrons. The number of amides is 1. The molecule has 13 heavy (non-hydrogen) atoms. The Morgan fingerprint density at radius 1 is 1.38 bits per heavy atom. The molecule has 0 atom stereocenters. The predicted octanol–water partition coefficient (Wildman–Crippen LogP) is 3.83. The Morgan fingerprint density at radius 3 is 2.92 bits per heavy atom. The van der Waals surface area contributed by atoms with E-state index in [1.54, 1.807) is 11.3 Å². The van der Waals surface area contributed by atoms with Crippen LogP contribution in [0.1, 0.15) is 0 Å². The number of hydrogen-bond acceptors (Lipinski definition) is 2. The molecule has 2 nitrogen and oxygen atoms in total. The normalized spacial score (nSPS) is 10.2. The monoisotopic (exact) mass is 255 g/mol. The topological polar surface area (TPSA) is 29.1 Å². The van der Waals surface area contributed by atoms with Gasteiger partial charge < -0.3 is 5.32 Å². The lowest BCUT2D eigenvalue weighted by molar-refractivity contribution is 0.270. The predicted molar refractivity (Wildman–Crippen MR) is 59.8 cm³/mol. The number of rotatable bonds is 1. The smallest absolute Gasteiger partial charge is 0.291 e. The van der Waals surface area contributed by atoms with Gasteiger partial charge in [-0.2, -0.15) is 0 Å². The van der Waals surface area contributed by atoms with Crippen LogP contribution in [-0.2, 0) is 0 Å². The molecule has 0 aliphatic rings. The molecule has 2 aromatic rings. The van der Waals surface area contributed by atoms with Crippen molar-refractivity contribution in [3.63, 3.8) is 0 Å². The second-order valence-electron chi connectivity index (χ2n) is 2.54. The van der Waals surface area contributed by atoms with Gasteiger partial charge in [-0.1, -0.05) is 18.2 Å². The molecule has 1 N–H and O–H groups in total. The molecular weight excluding hydrogens is 250 g/mol. The molecule has 0 saturated carbocycles. The van der Waals surface area contributed by atoms with E-state index in [-0.39, 0.29) is 4.82 Å². The lowest BCUT2D eigenvalue weighted by Crippen LogP contribution is -1.98. The second kappa shape index (κ2) is 3.47. The first-order valence-corrected chi connectivity index (χ1v) is 5.37. The van der Waals surface area contributed by atoms with Gasteiger partial charge >= 0.3 is 0 Å². The van der Waals surface area contributed by atoms with Crippen molar-refractivity contribution in [2.45, 2.75) is 0 Å². The Kier molecular flexibility index (Phi) is 2.33. The SMILES string of the molecule is O=C(Br)Nc1csc2ccccc12. The molecule has 0 unspecified atom stereocenters. The molecule has 1 aromatic heterocycles. The second-order valence-corrected chi connectivity index (χ2v) is 4.18. The quantitative estimate of drug-likeness (QED) is 0.609. The molecule has 1 aromatic carbocycles. The first kappa shape index (κ1) is 8.72. The molecule has 0 bridgehead atoms. The highest BCUT2D eigenvalue weighted by Gasteiger charge is 2.03. The first-order valence-electron chi connectivity index (χ1n) is 3.70. The average Bonchev–Trinajstić information content (AvgIpc) is 2.48. The zero-order valence-electron chi connectivity index (χ0n) is 6.58. The number of carbonyl (C=O) groups is 1. The minimum atomic E-state index is -0.212. The van der Waals surface area contributed by atoms with Crippen molar-refractivity contribution in [2.24, 2.45) is 0 Å². The van der Waals surface area contributed by atoms with E-state index in [0.29, 0.717) is 0 Å². The summed E-state index contributed by atoms with van der Waals surface area (Å²) in [4.78, 5) is 10.6. The average molecular weight is 256 g/mol. The summed E-state index contributed by atoms with van der Waals surface area (Å²) >= 11 is 4.46. The van der Waals surface area contributed by atoms with E-state index in [2.05, 4.69) is 21.2 Å². The van der Waals surface area contributed by atoms with Gasteiger partial charge in [-0.15, -0.1) is 11.3 Å². The summed E-state index contributed by atoms with van der Waals surface area (Å²) in [6.07, 6.45) is 0. The van der Waals surface area contributed by atoms with Crippen molar-refractivity contribution in [3.05, 3.63) is 29.6 Å². The summed E-state index contributed by atoms with van der Waals surface area (Å²) in [7, 11) is 0. The van der Waals surface area contributed by atoms with Crippen LogP contribution in [0.2, 0.25) is 0 Å². The number of carbonyl (C=O) groups excluding carboxylic acids is 1. The highest BCUT2D eigenvalue weighted by molar-refractivity contribution is 9.18. The highest BCUT2D eigenvalue weighted by atomic mass is 79.9. The van der Waals surface area contributed by atoms with Crippen LogP contribution in [0.5, 0.6) is 0 Å². The molecule has 0 aliphatic carbocycles. The van der Waals surface area contributed by atoms with Crippen LogP contribution in [0.25, 0.3) is 10.1 Å². The van der Waals surface area contributed by atoms with Gasteiger partial charge in [-0.3, -0.25) is 4.79 Å². The van der Waals surface area contributed by atoms with Gasteiger partial charge in [0.15, 0.2) is 0 Å². The molecule has 66 valence electrons. The van der Waals surface area contributed by atoms with Crippen molar-refractivity contribution in [2.75, 3.05) is 5.32 Å². The van der Waals surface area contributed by atoms with E-state index < -0.39 is 0 Å². The summed E-state index contributed by atoms with van der Waals surface area (Å²) in [5.41, 5.74) is 0.863. The van der Waals surface area contributed by atoms with Crippen molar-refractivity contribution in [3.8, 4) is 0 Å².